The number of pyridine rings is 1. The molecule has 17 heavy (non-hydrogen) atoms. The summed E-state index contributed by atoms with van der Waals surface area (Å²) < 4.78 is 27.6. The molecule has 4 nitrogen and oxygen atoms in total. The molecule has 0 unspecified atom stereocenters. The Morgan fingerprint density at radius 1 is 1.47 bits per heavy atom. The predicted molar refractivity (Wildman–Crippen MR) is 56.5 cm³/mol. The monoisotopic (exact) mass is 240 g/mol. The second-order valence-electron chi connectivity index (χ2n) is 3.93. The smallest absolute Gasteiger partial charge is 0.335 e. The molecule has 0 atom stereocenters. The number of fused-ring (bicyclic) bond motifs is 1. The molecular weight excluding hydrogens is 230 g/mol. The summed E-state index contributed by atoms with van der Waals surface area (Å²) in [4.78, 5) is 14.6. The fraction of sp³-hybridized carbons (Fsp3) is 0.273. The van der Waals surface area contributed by atoms with Crippen LogP contribution in [0.5, 0.6) is 0 Å². The van der Waals surface area contributed by atoms with E-state index >= 15 is 0 Å². The first-order chi connectivity index (χ1) is 7.79. The molecule has 0 radical (unpaired) electrons. The van der Waals surface area contributed by atoms with Gasteiger partial charge >= 0.3 is 5.97 Å². The number of halogens is 2. The number of carboxylic acid groups (broad SMARTS) is 1. The average molecular weight is 240 g/mol. The highest BCUT2D eigenvalue weighted by atomic mass is 19.3. The third-order valence-corrected chi connectivity index (χ3v) is 2.46. The first-order valence-corrected chi connectivity index (χ1v) is 4.90. The van der Waals surface area contributed by atoms with E-state index in [-0.39, 0.29) is 16.9 Å². The van der Waals surface area contributed by atoms with Crippen LogP contribution in [-0.4, -0.2) is 20.5 Å². The summed E-state index contributed by atoms with van der Waals surface area (Å²) in [5.74, 6) is -4.15. The lowest BCUT2D eigenvalue weighted by Gasteiger charge is -2.03. The molecule has 0 aliphatic rings. The van der Waals surface area contributed by atoms with Crippen LogP contribution in [0.1, 0.15) is 28.7 Å². The molecule has 0 spiro atoms. The fourth-order valence-electron chi connectivity index (χ4n) is 1.59. The minimum Gasteiger partial charge on any atom is -0.478 e. The highest BCUT2D eigenvalue weighted by Gasteiger charge is 2.28. The first kappa shape index (κ1) is 11.5. The van der Waals surface area contributed by atoms with Gasteiger partial charge in [-0.2, -0.15) is 8.78 Å². The number of aromatic carboxylic acids is 1. The zero-order valence-electron chi connectivity index (χ0n) is 9.24. The maximum atomic E-state index is 13.1. The number of carbonyl (C=O) groups is 1. The number of aryl methyl sites for hydroxylation is 1. The van der Waals surface area contributed by atoms with Gasteiger partial charge in [-0.05, 0) is 19.1 Å². The lowest BCUT2D eigenvalue weighted by atomic mass is 10.2. The second-order valence-corrected chi connectivity index (χ2v) is 3.93. The Balaban J connectivity index is 2.69. The Hall–Kier alpha value is -1.98. The molecule has 0 saturated carbocycles. The van der Waals surface area contributed by atoms with Crippen LogP contribution in [0.25, 0.3) is 5.65 Å². The Morgan fingerprint density at radius 2 is 2.12 bits per heavy atom. The van der Waals surface area contributed by atoms with Gasteiger partial charge in [0.1, 0.15) is 11.3 Å². The van der Waals surface area contributed by atoms with Crippen molar-refractivity contribution in [2.24, 2.45) is 0 Å². The van der Waals surface area contributed by atoms with Crippen molar-refractivity contribution in [3.05, 3.63) is 35.3 Å². The predicted octanol–water partition coefficient (Wildman–Crippen LogP) is 2.45. The molecule has 0 fully saturated rings. The molecular formula is C11H10F2N2O2. The van der Waals surface area contributed by atoms with Crippen LogP contribution < -0.4 is 0 Å². The molecule has 2 heterocycles. The van der Waals surface area contributed by atoms with Crippen molar-refractivity contribution in [1.82, 2.24) is 9.38 Å². The van der Waals surface area contributed by atoms with E-state index in [9.17, 15) is 13.6 Å². The number of aromatic nitrogens is 2. The number of hydrogen-bond donors (Lipinski definition) is 1. The average Bonchev–Trinajstić information content (AvgIpc) is 2.60. The second kappa shape index (κ2) is 3.51. The number of rotatable bonds is 2. The summed E-state index contributed by atoms with van der Waals surface area (Å²) in [6.45, 7) is 2.39. The van der Waals surface area contributed by atoms with Crippen LogP contribution in [0.15, 0.2) is 18.3 Å². The van der Waals surface area contributed by atoms with Crippen molar-refractivity contribution >= 4 is 11.6 Å². The van der Waals surface area contributed by atoms with Crippen molar-refractivity contribution < 1.29 is 18.7 Å². The molecule has 0 saturated heterocycles. The molecule has 0 aliphatic carbocycles. The molecule has 2 rings (SSSR count). The van der Waals surface area contributed by atoms with Gasteiger partial charge in [0.15, 0.2) is 0 Å². The zero-order valence-corrected chi connectivity index (χ0v) is 9.24. The van der Waals surface area contributed by atoms with Crippen LogP contribution in [0.4, 0.5) is 8.78 Å². The van der Waals surface area contributed by atoms with Crippen LogP contribution >= 0.6 is 0 Å². The number of hydrogen-bond acceptors (Lipinski definition) is 2. The lowest BCUT2D eigenvalue weighted by Crippen LogP contribution is -2.06. The summed E-state index contributed by atoms with van der Waals surface area (Å²) in [7, 11) is 0. The van der Waals surface area contributed by atoms with Crippen LogP contribution in [-0.2, 0) is 5.92 Å². The minimum absolute atomic E-state index is 0.0339. The van der Waals surface area contributed by atoms with E-state index in [1.165, 1.54) is 22.7 Å². The van der Waals surface area contributed by atoms with Crippen molar-refractivity contribution in [3.8, 4) is 0 Å². The molecule has 2 aromatic rings. The third-order valence-electron chi connectivity index (χ3n) is 2.46. The van der Waals surface area contributed by atoms with Crippen molar-refractivity contribution in [1.29, 1.82) is 0 Å². The molecule has 2 aromatic heterocycles. The van der Waals surface area contributed by atoms with Gasteiger partial charge in [0.05, 0.1) is 5.56 Å². The van der Waals surface area contributed by atoms with Crippen molar-refractivity contribution in [3.63, 3.8) is 0 Å². The topological polar surface area (TPSA) is 54.6 Å². The molecule has 0 aromatic carbocycles. The first-order valence-electron chi connectivity index (χ1n) is 4.90. The van der Waals surface area contributed by atoms with E-state index < -0.39 is 11.9 Å². The summed E-state index contributed by atoms with van der Waals surface area (Å²) in [5, 5.41) is 8.85. The van der Waals surface area contributed by atoms with E-state index in [2.05, 4.69) is 4.98 Å². The van der Waals surface area contributed by atoms with Gasteiger partial charge < -0.3 is 9.51 Å². The molecule has 0 aliphatic heterocycles. The summed E-state index contributed by atoms with van der Waals surface area (Å²) in [6.07, 6.45) is 1.22. The van der Waals surface area contributed by atoms with Gasteiger partial charge in [-0.25, -0.2) is 9.78 Å². The van der Waals surface area contributed by atoms with Crippen molar-refractivity contribution in [2.75, 3.05) is 0 Å². The Labute approximate surface area is 95.5 Å². The van der Waals surface area contributed by atoms with E-state index in [0.29, 0.717) is 5.69 Å². The summed E-state index contributed by atoms with van der Waals surface area (Å²) in [6, 6.07) is 2.68. The SMILES string of the molecule is Cc1cc(C(=O)O)cc2nc(C(C)(F)F)cn12. The largest absolute Gasteiger partial charge is 0.478 e. The quantitative estimate of drug-likeness (QED) is 0.877. The molecule has 6 heteroatoms. The summed E-state index contributed by atoms with van der Waals surface area (Å²) in [5.41, 5.74) is 0.413. The molecule has 1 N–H and O–H groups in total. The lowest BCUT2D eigenvalue weighted by molar-refractivity contribution is 0.0133. The summed E-state index contributed by atoms with van der Waals surface area (Å²) >= 11 is 0. The van der Waals surface area contributed by atoms with Crippen LogP contribution in [0, 0.1) is 6.92 Å². The Kier molecular flexibility index (Phi) is 2.38. The zero-order chi connectivity index (χ0) is 12.8. The van der Waals surface area contributed by atoms with Gasteiger partial charge in [0.2, 0.25) is 0 Å². The van der Waals surface area contributed by atoms with Crippen molar-refractivity contribution in [2.45, 2.75) is 19.8 Å². The molecule has 0 amide bonds. The highest BCUT2D eigenvalue weighted by molar-refractivity contribution is 5.89. The number of carboxylic acids is 1. The van der Waals surface area contributed by atoms with E-state index in [1.54, 1.807) is 6.92 Å². The van der Waals surface area contributed by atoms with E-state index in [0.717, 1.165) is 6.92 Å². The van der Waals surface area contributed by atoms with Crippen LogP contribution in [0.3, 0.4) is 0 Å². The maximum Gasteiger partial charge on any atom is 0.335 e. The Bertz CT molecular complexity index is 599. The van der Waals surface area contributed by atoms with Gasteiger partial charge in [0.25, 0.3) is 5.92 Å². The van der Waals surface area contributed by atoms with Gasteiger partial charge in [0, 0.05) is 18.8 Å². The third kappa shape index (κ3) is 1.98. The molecule has 90 valence electrons. The number of imidazole rings is 1. The standard InChI is InChI=1S/C11H10F2N2O2/c1-6-3-7(10(16)17)4-9-14-8(5-15(6)9)11(2,12)13/h3-5H,1-2H3,(H,16,17). The van der Waals surface area contributed by atoms with E-state index in [4.69, 9.17) is 5.11 Å². The van der Waals surface area contributed by atoms with Gasteiger partial charge in [-0.15, -0.1) is 0 Å². The number of alkyl halides is 2. The minimum atomic E-state index is -3.04. The highest BCUT2D eigenvalue weighted by Crippen LogP contribution is 2.26. The van der Waals surface area contributed by atoms with E-state index in [1.807, 2.05) is 0 Å². The normalized spacial score (nSPS) is 12.0. The number of nitrogens with zero attached hydrogens (tertiary/aromatic N) is 2. The van der Waals surface area contributed by atoms with Crippen LogP contribution in [0.2, 0.25) is 0 Å². The van der Waals surface area contributed by atoms with Gasteiger partial charge in [-0.3, -0.25) is 0 Å². The van der Waals surface area contributed by atoms with Gasteiger partial charge in [-0.1, -0.05) is 0 Å². The fourth-order valence-corrected chi connectivity index (χ4v) is 1.59. The molecule has 0 bridgehead atoms. The Morgan fingerprint density at radius 3 is 2.65 bits per heavy atom. The maximum absolute atomic E-state index is 13.1.